The van der Waals surface area contributed by atoms with Gasteiger partial charge in [0.1, 0.15) is 11.5 Å². The van der Waals surface area contributed by atoms with Crippen molar-refractivity contribution < 1.29 is 14.3 Å². The van der Waals surface area contributed by atoms with Crippen molar-refractivity contribution in [2.45, 2.75) is 52.9 Å². The van der Waals surface area contributed by atoms with Crippen LogP contribution in [0.15, 0.2) is 48.5 Å². The van der Waals surface area contributed by atoms with Gasteiger partial charge >= 0.3 is 0 Å². The molecule has 5 heteroatoms. The van der Waals surface area contributed by atoms with E-state index in [-0.39, 0.29) is 24.7 Å². The molecule has 0 aromatic heterocycles. The number of carbonyl (C=O) groups is 1. The zero-order chi connectivity index (χ0) is 19.6. The average molecular weight is 370 g/mol. The quantitative estimate of drug-likeness (QED) is 0.652. The number of nitrogens with one attached hydrogen (secondary N) is 2. The summed E-state index contributed by atoms with van der Waals surface area (Å²) in [5.41, 5.74) is 1.86. The van der Waals surface area contributed by atoms with Gasteiger partial charge in [0.15, 0.2) is 0 Å². The van der Waals surface area contributed by atoms with Crippen LogP contribution in [0.1, 0.15) is 39.7 Å². The second kappa shape index (κ2) is 10.6. The van der Waals surface area contributed by atoms with Gasteiger partial charge in [-0.2, -0.15) is 0 Å². The zero-order valence-corrected chi connectivity index (χ0v) is 16.6. The molecule has 146 valence electrons. The van der Waals surface area contributed by atoms with E-state index in [0.717, 1.165) is 29.2 Å². The van der Waals surface area contributed by atoms with E-state index in [2.05, 4.69) is 17.6 Å². The van der Waals surface area contributed by atoms with Crippen molar-refractivity contribution in [2.24, 2.45) is 0 Å². The van der Waals surface area contributed by atoms with Gasteiger partial charge in [-0.25, -0.2) is 0 Å². The second-order valence-corrected chi connectivity index (χ2v) is 6.82. The van der Waals surface area contributed by atoms with Crippen molar-refractivity contribution in [1.29, 1.82) is 0 Å². The van der Waals surface area contributed by atoms with Crippen LogP contribution in [0.4, 0.5) is 5.69 Å². The SMILES string of the molecule is CCC(C)Oc1ccc(NC(=O)CNCc2ccc(OC(C)C)cc2)cc1. The van der Waals surface area contributed by atoms with E-state index < -0.39 is 0 Å². The number of amides is 1. The molecule has 5 nitrogen and oxygen atoms in total. The first-order valence-corrected chi connectivity index (χ1v) is 9.49. The summed E-state index contributed by atoms with van der Waals surface area (Å²) < 4.78 is 11.4. The Morgan fingerprint density at radius 2 is 1.52 bits per heavy atom. The third-order valence-corrected chi connectivity index (χ3v) is 3.96. The van der Waals surface area contributed by atoms with E-state index in [9.17, 15) is 4.79 Å². The Morgan fingerprint density at radius 1 is 0.926 bits per heavy atom. The van der Waals surface area contributed by atoms with E-state index in [1.165, 1.54) is 0 Å². The van der Waals surface area contributed by atoms with Crippen LogP contribution in [0.3, 0.4) is 0 Å². The lowest BCUT2D eigenvalue weighted by atomic mass is 10.2. The smallest absolute Gasteiger partial charge is 0.238 e. The van der Waals surface area contributed by atoms with Crippen molar-refractivity contribution in [2.75, 3.05) is 11.9 Å². The Hall–Kier alpha value is -2.53. The summed E-state index contributed by atoms with van der Waals surface area (Å²) in [4.78, 5) is 12.1. The average Bonchev–Trinajstić information content (AvgIpc) is 2.64. The summed E-state index contributed by atoms with van der Waals surface area (Å²) in [5.74, 6) is 1.59. The topological polar surface area (TPSA) is 59.6 Å². The van der Waals surface area contributed by atoms with Gasteiger partial charge in [0.2, 0.25) is 5.91 Å². The molecule has 1 amide bonds. The minimum atomic E-state index is -0.0784. The first-order chi connectivity index (χ1) is 13.0. The molecule has 0 aliphatic rings. The molecule has 1 atom stereocenters. The fourth-order valence-corrected chi connectivity index (χ4v) is 2.42. The van der Waals surface area contributed by atoms with Crippen LogP contribution in [0, 0.1) is 0 Å². The highest BCUT2D eigenvalue weighted by Crippen LogP contribution is 2.17. The van der Waals surface area contributed by atoms with Crippen molar-refractivity contribution in [3.05, 3.63) is 54.1 Å². The van der Waals surface area contributed by atoms with Gasteiger partial charge in [0.25, 0.3) is 0 Å². The third kappa shape index (κ3) is 7.71. The third-order valence-electron chi connectivity index (χ3n) is 3.96. The highest BCUT2D eigenvalue weighted by Gasteiger charge is 2.05. The fraction of sp³-hybridized carbons (Fsp3) is 0.409. The lowest BCUT2D eigenvalue weighted by Crippen LogP contribution is -2.27. The maximum Gasteiger partial charge on any atom is 0.238 e. The molecule has 2 aromatic rings. The standard InChI is InChI=1S/C22H30N2O3/c1-5-17(4)27-21-12-8-19(9-13-21)24-22(25)15-23-14-18-6-10-20(11-7-18)26-16(2)3/h6-13,16-17,23H,5,14-15H2,1-4H3,(H,24,25). The van der Waals surface area contributed by atoms with Crippen LogP contribution in [0.5, 0.6) is 11.5 Å². The van der Waals surface area contributed by atoms with Crippen molar-refractivity contribution in [3.8, 4) is 11.5 Å². The zero-order valence-electron chi connectivity index (χ0n) is 16.6. The summed E-state index contributed by atoms with van der Waals surface area (Å²) in [6.45, 7) is 8.99. The number of hydrogen-bond acceptors (Lipinski definition) is 4. The molecular formula is C22H30N2O3. The second-order valence-electron chi connectivity index (χ2n) is 6.82. The Kier molecular flexibility index (Phi) is 8.14. The van der Waals surface area contributed by atoms with Gasteiger partial charge in [-0.3, -0.25) is 4.79 Å². The van der Waals surface area contributed by atoms with Crippen LogP contribution in [0.25, 0.3) is 0 Å². The maximum atomic E-state index is 12.1. The molecule has 0 fully saturated rings. The van der Waals surface area contributed by atoms with Crippen LogP contribution in [-0.4, -0.2) is 24.7 Å². The van der Waals surface area contributed by atoms with E-state index in [1.54, 1.807) is 0 Å². The molecule has 0 saturated carbocycles. The molecular weight excluding hydrogens is 340 g/mol. The molecule has 27 heavy (non-hydrogen) atoms. The lowest BCUT2D eigenvalue weighted by Gasteiger charge is -2.13. The first-order valence-electron chi connectivity index (χ1n) is 9.49. The summed E-state index contributed by atoms with van der Waals surface area (Å²) in [5, 5.41) is 6.03. The molecule has 0 aliphatic heterocycles. The van der Waals surface area contributed by atoms with Crippen LogP contribution >= 0.6 is 0 Å². The van der Waals surface area contributed by atoms with Gasteiger partial charge < -0.3 is 20.1 Å². The Labute approximate surface area is 162 Å². The fourth-order valence-electron chi connectivity index (χ4n) is 2.42. The maximum absolute atomic E-state index is 12.1. The van der Waals surface area contributed by atoms with Gasteiger partial charge in [-0.15, -0.1) is 0 Å². The number of ether oxygens (including phenoxy) is 2. The molecule has 0 bridgehead atoms. The largest absolute Gasteiger partial charge is 0.491 e. The molecule has 2 aromatic carbocycles. The number of anilines is 1. The highest BCUT2D eigenvalue weighted by atomic mass is 16.5. The van der Waals surface area contributed by atoms with Gasteiger partial charge in [-0.1, -0.05) is 19.1 Å². The molecule has 1 unspecified atom stereocenters. The normalized spacial score (nSPS) is 11.9. The monoisotopic (exact) mass is 370 g/mol. The molecule has 2 N–H and O–H groups in total. The van der Waals surface area contributed by atoms with Crippen LogP contribution in [-0.2, 0) is 11.3 Å². The molecule has 0 spiro atoms. The molecule has 0 heterocycles. The number of carbonyl (C=O) groups excluding carboxylic acids is 1. The number of rotatable bonds is 10. The van der Waals surface area contributed by atoms with Crippen LogP contribution < -0.4 is 20.1 Å². The van der Waals surface area contributed by atoms with E-state index >= 15 is 0 Å². The Balaban J connectivity index is 1.73. The van der Waals surface area contributed by atoms with Crippen LogP contribution in [0.2, 0.25) is 0 Å². The van der Waals surface area contributed by atoms with E-state index in [4.69, 9.17) is 9.47 Å². The van der Waals surface area contributed by atoms with Gasteiger partial charge in [0, 0.05) is 12.2 Å². The van der Waals surface area contributed by atoms with E-state index in [0.29, 0.717) is 6.54 Å². The number of hydrogen-bond donors (Lipinski definition) is 2. The highest BCUT2D eigenvalue weighted by molar-refractivity contribution is 5.92. The molecule has 0 aliphatic carbocycles. The molecule has 0 radical (unpaired) electrons. The number of benzene rings is 2. The predicted octanol–water partition coefficient (Wildman–Crippen LogP) is 4.38. The first kappa shape index (κ1) is 20.8. The molecule has 2 rings (SSSR count). The van der Waals surface area contributed by atoms with Gasteiger partial charge in [0.05, 0.1) is 18.8 Å². The van der Waals surface area contributed by atoms with Gasteiger partial charge in [-0.05, 0) is 69.2 Å². The Bertz CT molecular complexity index is 697. The van der Waals surface area contributed by atoms with E-state index in [1.807, 2.05) is 69.3 Å². The lowest BCUT2D eigenvalue weighted by molar-refractivity contribution is -0.115. The predicted molar refractivity (Wildman–Crippen MR) is 109 cm³/mol. The summed E-state index contributed by atoms with van der Waals surface area (Å²) >= 11 is 0. The summed E-state index contributed by atoms with van der Waals surface area (Å²) in [7, 11) is 0. The summed E-state index contributed by atoms with van der Waals surface area (Å²) in [6.07, 6.45) is 1.30. The van der Waals surface area contributed by atoms with Crippen molar-refractivity contribution in [1.82, 2.24) is 5.32 Å². The van der Waals surface area contributed by atoms with Crippen molar-refractivity contribution in [3.63, 3.8) is 0 Å². The molecule has 0 saturated heterocycles. The summed E-state index contributed by atoms with van der Waals surface area (Å²) in [6, 6.07) is 15.3. The van der Waals surface area contributed by atoms with Crippen molar-refractivity contribution >= 4 is 11.6 Å². The minimum absolute atomic E-state index is 0.0784. The minimum Gasteiger partial charge on any atom is -0.491 e. The Morgan fingerprint density at radius 3 is 2.11 bits per heavy atom.